The lowest BCUT2D eigenvalue weighted by molar-refractivity contribution is 0.0968. The van der Waals surface area contributed by atoms with E-state index in [1.54, 1.807) is 19.4 Å². The van der Waals surface area contributed by atoms with Crippen LogP contribution >= 0.6 is 0 Å². The van der Waals surface area contributed by atoms with E-state index >= 15 is 0 Å². The normalized spacial score (nSPS) is 17.3. The summed E-state index contributed by atoms with van der Waals surface area (Å²) in [6.07, 6.45) is 6.02. The molecule has 1 aliphatic carbocycles. The van der Waals surface area contributed by atoms with Crippen molar-refractivity contribution in [1.82, 2.24) is 9.88 Å². The number of nitrogens with zero attached hydrogens (tertiary/aromatic N) is 2. The van der Waals surface area contributed by atoms with Crippen LogP contribution in [0.1, 0.15) is 36.0 Å². The summed E-state index contributed by atoms with van der Waals surface area (Å²) in [7, 11) is 3.72. The van der Waals surface area contributed by atoms with Crippen LogP contribution in [0, 0.1) is 11.8 Å². The standard InChI is InChI=1S/C27H31N3O3/c1-30-11-9-17(10-12-30)15-29-26-21-13-19(20-6-8-24(31)25(14-20)33-2)5-7-23(21)28-16-22(26)27(32)18-3-4-18/h5-8,13-14,16-18,31H,3-4,9-12,15H2,1-2H3,(H,28,29). The van der Waals surface area contributed by atoms with Gasteiger partial charge < -0.3 is 20.1 Å². The third kappa shape index (κ3) is 4.53. The van der Waals surface area contributed by atoms with Crippen LogP contribution in [-0.4, -0.2) is 54.6 Å². The summed E-state index contributed by atoms with van der Waals surface area (Å²) >= 11 is 0. The summed E-state index contributed by atoms with van der Waals surface area (Å²) in [6, 6.07) is 11.4. The van der Waals surface area contributed by atoms with Crippen LogP contribution in [0.3, 0.4) is 0 Å². The summed E-state index contributed by atoms with van der Waals surface area (Å²) in [5.74, 6) is 1.48. The number of carbonyl (C=O) groups excluding carboxylic acids is 1. The molecule has 2 fully saturated rings. The van der Waals surface area contributed by atoms with Crippen LogP contribution in [0.2, 0.25) is 0 Å². The number of hydrogen-bond acceptors (Lipinski definition) is 6. The lowest BCUT2D eigenvalue weighted by Gasteiger charge is -2.29. The Morgan fingerprint density at radius 2 is 1.85 bits per heavy atom. The fraction of sp³-hybridized carbons (Fsp3) is 0.407. The minimum atomic E-state index is 0.113. The fourth-order valence-corrected chi connectivity index (χ4v) is 4.68. The largest absolute Gasteiger partial charge is 0.504 e. The smallest absolute Gasteiger partial charge is 0.169 e. The molecule has 0 spiro atoms. The molecular formula is C27H31N3O3. The number of anilines is 1. The number of fused-ring (bicyclic) bond motifs is 1. The number of benzene rings is 2. The summed E-state index contributed by atoms with van der Waals surface area (Å²) in [4.78, 5) is 20.1. The number of nitrogens with one attached hydrogen (secondary N) is 1. The van der Waals surface area contributed by atoms with Crippen molar-refractivity contribution in [3.8, 4) is 22.6 Å². The maximum Gasteiger partial charge on any atom is 0.169 e. The van der Waals surface area contributed by atoms with Gasteiger partial charge in [-0.15, -0.1) is 0 Å². The highest BCUT2D eigenvalue weighted by Crippen LogP contribution is 2.38. The maximum absolute atomic E-state index is 13.1. The van der Waals surface area contributed by atoms with Gasteiger partial charge in [-0.25, -0.2) is 0 Å². The van der Waals surface area contributed by atoms with Crippen molar-refractivity contribution < 1.29 is 14.6 Å². The Morgan fingerprint density at radius 3 is 2.58 bits per heavy atom. The molecule has 1 aromatic heterocycles. The number of methoxy groups -OCH3 is 1. The van der Waals surface area contributed by atoms with Gasteiger partial charge in [0.15, 0.2) is 17.3 Å². The lowest BCUT2D eigenvalue weighted by atomic mass is 9.95. The number of aromatic hydroxyl groups is 1. The highest BCUT2D eigenvalue weighted by atomic mass is 16.5. The average molecular weight is 446 g/mol. The fourth-order valence-electron chi connectivity index (χ4n) is 4.68. The Labute approximate surface area is 194 Å². The van der Waals surface area contributed by atoms with Gasteiger partial charge in [0.05, 0.1) is 23.9 Å². The molecule has 0 bridgehead atoms. The van der Waals surface area contributed by atoms with Gasteiger partial charge in [0, 0.05) is 24.0 Å². The molecule has 5 rings (SSSR count). The van der Waals surface area contributed by atoms with Crippen LogP contribution in [0.4, 0.5) is 5.69 Å². The van der Waals surface area contributed by atoms with Crippen molar-refractivity contribution in [2.45, 2.75) is 25.7 Å². The molecule has 1 aliphatic heterocycles. The van der Waals surface area contributed by atoms with Gasteiger partial charge in [0.2, 0.25) is 0 Å². The number of likely N-dealkylation sites (tertiary alicyclic amines) is 1. The van der Waals surface area contributed by atoms with Crippen molar-refractivity contribution in [1.29, 1.82) is 0 Å². The second-order valence-electron chi connectivity index (χ2n) is 9.43. The third-order valence-electron chi connectivity index (χ3n) is 7.00. The topological polar surface area (TPSA) is 74.7 Å². The Morgan fingerprint density at radius 1 is 1.12 bits per heavy atom. The van der Waals surface area contributed by atoms with Crippen molar-refractivity contribution in [2.24, 2.45) is 11.8 Å². The predicted octanol–water partition coefficient (Wildman–Crippen LogP) is 4.96. The molecule has 3 aromatic rings. The number of carbonyl (C=O) groups is 1. The second-order valence-corrected chi connectivity index (χ2v) is 9.43. The zero-order valence-corrected chi connectivity index (χ0v) is 19.3. The number of phenolic OH excluding ortho intramolecular Hbond substituents is 1. The Hall–Kier alpha value is -3.12. The van der Waals surface area contributed by atoms with Crippen LogP contribution in [0.15, 0.2) is 42.6 Å². The number of phenols is 1. The molecule has 6 nitrogen and oxygen atoms in total. The number of aromatic nitrogens is 1. The van der Waals surface area contributed by atoms with E-state index in [-0.39, 0.29) is 17.5 Å². The third-order valence-corrected chi connectivity index (χ3v) is 7.00. The number of Topliss-reactive ketones (excluding diaryl/α,β-unsaturated/α-hetero) is 1. The molecule has 6 heteroatoms. The predicted molar refractivity (Wildman–Crippen MR) is 131 cm³/mol. The molecule has 0 amide bonds. The number of piperidine rings is 1. The van der Waals surface area contributed by atoms with Crippen LogP contribution in [-0.2, 0) is 0 Å². The maximum atomic E-state index is 13.1. The molecule has 2 heterocycles. The van der Waals surface area contributed by atoms with Crippen molar-refractivity contribution in [3.63, 3.8) is 0 Å². The van der Waals surface area contributed by atoms with E-state index in [4.69, 9.17) is 4.74 Å². The van der Waals surface area contributed by atoms with Crippen LogP contribution in [0.5, 0.6) is 11.5 Å². The lowest BCUT2D eigenvalue weighted by Crippen LogP contribution is -2.33. The molecule has 0 unspecified atom stereocenters. The van der Waals surface area contributed by atoms with Gasteiger partial charge in [0.1, 0.15) is 0 Å². The molecule has 2 aromatic carbocycles. The average Bonchev–Trinajstić information content (AvgIpc) is 3.68. The van der Waals surface area contributed by atoms with Crippen LogP contribution in [0.25, 0.3) is 22.0 Å². The second kappa shape index (κ2) is 9.02. The molecule has 0 radical (unpaired) electrons. The molecular weight excluding hydrogens is 414 g/mol. The summed E-state index contributed by atoms with van der Waals surface area (Å²) in [6.45, 7) is 3.09. The van der Waals surface area contributed by atoms with Gasteiger partial charge in [-0.3, -0.25) is 9.78 Å². The highest BCUT2D eigenvalue weighted by molar-refractivity contribution is 6.10. The number of hydrogen-bond donors (Lipinski definition) is 2. The number of rotatable bonds is 7. The summed E-state index contributed by atoms with van der Waals surface area (Å²) < 4.78 is 5.29. The zero-order valence-electron chi connectivity index (χ0n) is 19.3. The van der Waals surface area contributed by atoms with E-state index in [1.807, 2.05) is 24.3 Å². The molecule has 1 saturated carbocycles. The SMILES string of the molecule is COc1cc(-c2ccc3ncc(C(=O)C4CC4)c(NCC4CCN(C)CC4)c3c2)ccc1O. The summed E-state index contributed by atoms with van der Waals surface area (Å²) in [5, 5.41) is 14.6. The first-order valence-electron chi connectivity index (χ1n) is 11.8. The van der Waals surface area contributed by atoms with E-state index in [0.717, 1.165) is 73.0 Å². The van der Waals surface area contributed by atoms with Gasteiger partial charge in [-0.2, -0.15) is 0 Å². The van der Waals surface area contributed by atoms with Gasteiger partial charge in [0.25, 0.3) is 0 Å². The molecule has 33 heavy (non-hydrogen) atoms. The first-order chi connectivity index (χ1) is 16.0. The van der Waals surface area contributed by atoms with Gasteiger partial charge >= 0.3 is 0 Å². The Kier molecular flexibility index (Phi) is 5.94. The molecule has 1 saturated heterocycles. The highest BCUT2D eigenvalue weighted by Gasteiger charge is 2.32. The van der Waals surface area contributed by atoms with Crippen LogP contribution < -0.4 is 10.1 Å². The minimum absolute atomic E-state index is 0.113. The van der Waals surface area contributed by atoms with E-state index in [2.05, 4.69) is 28.3 Å². The Balaban J connectivity index is 1.54. The molecule has 172 valence electrons. The zero-order chi connectivity index (χ0) is 22.9. The van der Waals surface area contributed by atoms with Gasteiger partial charge in [-0.05, 0) is 87.1 Å². The molecule has 2 aliphatic rings. The Bertz CT molecular complexity index is 1180. The van der Waals surface area contributed by atoms with Crippen molar-refractivity contribution in [3.05, 3.63) is 48.2 Å². The number of ketones is 1. The molecule has 0 atom stereocenters. The first kappa shape index (κ1) is 21.7. The van der Waals surface area contributed by atoms with E-state index in [9.17, 15) is 9.90 Å². The quantitative estimate of drug-likeness (QED) is 0.501. The summed E-state index contributed by atoms with van der Waals surface area (Å²) in [5.41, 5.74) is 4.40. The van der Waals surface area contributed by atoms with E-state index in [0.29, 0.717) is 17.2 Å². The minimum Gasteiger partial charge on any atom is -0.504 e. The van der Waals surface area contributed by atoms with Crippen molar-refractivity contribution >= 4 is 22.4 Å². The monoisotopic (exact) mass is 445 g/mol. The van der Waals surface area contributed by atoms with Gasteiger partial charge in [-0.1, -0.05) is 12.1 Å². The van der Waals surface area contributed by atoms with E-state index < -0.39 is 0 Å². The first-order valence-corrected chi connectivity index (χ1v) is 11.8. The number of pyridine rings is 1. The van der Waals surface area contributed by atoms with E-state index in [1.165, 1.54) is 0 Å². The number of ether oxygens (including phenoxy) is 1. The molecule has 2 N–H and O–H groups in total. The van der Waals surface area contributed by atoms with Crippen molar-refractivity contribution in [2.75, 3.05) is 39.1 Å².